The van der Waals surface area contributed by atoms with Gasteiger partial charge in [0.05, 0.1) is 24.8 Å². The van der Waals surface area contributed by atoms with Gasteiger partial charge in [0.1, 0.15) is 5.75 Å². The van der Waals surface area contributed by atoms with Crippen molar-refractivity contribution in [1.29, 1.82) is 0 Å². The summed E-state index contributed by atoms with van der Waals surface area (Å²) in [7, 11) is 1.67. The van der Waals surface area contributed by atoms with Crippen LogP contribution in [0.3, 0.4) is 0 Å². The lowest BCUT2D eigenvalue weighted by Gasteiger charge is -2.04. The van der Waals surface area contributed by atoms with Gasteiger partial charge in [0.2, 0.25) is 5.88 Å². The minimum atomic E-state index is 0.699. The summed E-state index contributed by atoms with van der Waals surface area (Å²) in [6.45, 7) is 0.714. The minimum absolute atomic E-state index is 0.699. The Morgan fingerprint density at radius 1 is 1.12 bits per heavy atom. The van der Waals surface area contributed by atoms with E-state index in [9.17, 15) is 0 Å². The number of imidazole rings is 1. The highest BCUT2D eigenvalue weighted by atomic mass is 32.2. The van der Waals surface area contributed by atoms with Crippen molar-refractivity contribution < 1.29 is 9.47 Å². The number of benzene rings is 1. The summed E-state index contributed by atoms with van der Waals surface area (Å²) in [4.78, 5) is 12.1. The third-order valence-electron chi connectivity index (χ3n) is 3.58. The molecule has 0 aliphatic heterocycles. The Labute approximate surface area is 145 Å². The number of nitrogens with one attached hydrogen (secondary N) is 1. The number of methoxy groups -OCH3 is 1. The maximum Gasteiger partial charge on any atom is 0.213 e. The average Bonchev–Trinajstić information content (AvgIpc) is 3.03. The third kappa shape index (κ3) is 4.64. The summed E-state index contributed by atoms with van der Waals surface area (Å²) < 4.78 is 10.8. The Kier molecular flexibility index (Phi) is 5.96. The van der Waals surface area contributed by atoms with E-state index >= 15 is 0 Å². The molecule has 5 nitrogen and oxygen atoms in total. The molecule has 1 N–H and O–H groups in total. The quantitative estimate of drug-likeness (QED) is 0.463. The maximum absolute atomic E-state index is 5.58. The van der Waals surface area contributed by atoms with Crippen LogP contribution < -0.4 is 9.47 Å². The van der Waals surface area contributed by atoms with Crippen molar-refractivity contribution in [3.05, 3.63) is 42.6 Å². The van der Waals surface area contributed by atoms with Crippen LogP contribution in [-0.2, 0) is 0 Å². The van der Waals surface area contributed by atoms with Gasteiger partial charge in [0.15, 0.2) is 5.16 Å². The fraction of sp³-hybridized carbons (Fsp3) is 0.333. The van der Waals surface area contributed by atoms with Gasteiger partial charge in [-0.25, -0.2) is 9.97 Å². The molecule has 126 valence electrons. The predicted molar refractivity (Wildman–Crippen MR) is 97.0 cm³/mol. The molecule has 2 heterocycles. The Morgan fingerprint density at radius 2 is 2.08 bits per heavy atom. The molecule has 24 heavy (non-hydrogen) atoms. The molecule has 0 amide bonds. The zero-order chi connectivity index (χ0) is 16.6. The van der Waals surface area contributed by atoms with Crippen molar-refractivity contribution >= 4 is 22.8 Å². The highest BCUT2D eigenvalue weighted by molar-refractivity contribution is 7.99. The van der Waals surface area contributed by atoms with Gasteiger partial charge in [-0.05, 0) is 37.5 Å². The largest absolute Gasteiger partial charge is 0.497 e. The number of aromatic amines is 1. The Balaban J connectivity index is 1.34. The number of unbranched alkanes of at least 4 members (excludes halogenated alkanes) is 2. The second-order valence-corrected chi connectivity index (χ2v) is 6.43. The molecule has 6 heteroatoms. The van der Waals surface area contributed by atoms with E-state index in [1.165, 1.54) is 0 Å². The third-order valence-corrected chi connectivity index (χ3v) is 4.54. The fourth-order valence-corrected chi connectivity index (χ4v) is 3.21. The average molecular weight is 343 g/mol. The van der Waals surface area contributed by atoms with Crippen LogP contribution in [0.25, 0.3) is 11.0 Å². The Bertz CT molecular complexity index is 761. The molecule has 0 saturated heterocycles. The first-order valence-corrected chi connectivity index (χ1v) is 9.04. The van der Waals surface area contributed by atoms with Gasteiger partial charge in [-0.2, -0.15) is 0 Å². The molecular formula is C18H21N3O2S. The number of ether oxygens (including phenoxy) is 2. The monoisotopic (exact) mass is 343 g/mol. The molecule has 0 aliphatic rings. The van der Waals surface area contributed by atoms with Crippen LogP contribution in [0.5, 0.6) is 11.6 Å². The summed E-state index contributed by atoms with van der Waals surface area (Å²) in [6, 6.07) is 11.6. The van der Waals surface area contributed by atoms with Gasteiger partial charge < -0.3 is 14.5 Å². The van der Waals surface area contributed by atoms with Crippen LogP contribution in [0, 0.1) is 0 Å². The smallest absolute Gasteiger partial charge is 0.213 e. The van der Waals surface area contributed by atoms with E-state index in [-0.39, 0.29) is 0 Å². The first-order chi connectivity index (χ1) is 11.8. The van der Waals surface area contributed by atoms with Crippen LogP contribution in [-0.4, -0.2) is 34.4 Å². The number of fused-ring (bicyclic) bond motifs is 1. The van der Waals surface area contributed by atoms with Gasteiger partial charge in [0, 0.05) is 24.1 Å². The van der Waals surface area contributed by atoms with Gasteiger partial charge in [0.25, 0.3) is 0 Å². The van der Waals surface area contributed by atoms with E-state index in [1.807, 2.05) is 36.4 Å². The van der Waals surface area contributed by atoms with Gasteiger partial charge in [-0.1, -0.05) is 17.8 Å². The number of hydrogen-bond acceptors (Lipinski definition) is 5. The van der Waals surface area contributed by atoms with E-state index in [0.29, 0.717) is 12.5 Å². The molecule has 0 unspecified atom stereocenters. The van der Waals surface area contributed by atoms with Crippen LogP contribution in [0.4, 0.5) is 0 Å². The van der Waals surface area contributed by atoms with Crippen molar-refractivity contribution in [2.75, 3.05) is 19.5 Å². The van der Waals surface area contributed by atoms with E-state index in [4.69, 9.17) is 9.47 Å². The highest BCUT2D eigenvalue weighted by Crippen LogP contribution is 2.23. The first kappa shape index (κ1) is 16.6. The number of H-pyrrole nitrogens is 1. The van der Waals surface area contributed by atoms with Gasteiger partial charge in [-0.3, -0.25) is 0 Å². The second kappa shape index (κ2) is 8.59. The summed E-state index contributed by atoms with van der Waals surface area (Å²) in [6.07, 6.45) is 5.05. The molecule has 3 rings (SSSR count). The summed E-state index contributed by atoms with van der Waals surface area (Å²) in [5, 5.41) is 0.961. The van der Waals surface area contributed by atoms with E-state index in [1.54, 1.807) is 25.1 Å². The number of aromatic nitrogens is 3. The zero-order valence-electron chi connectivity index (χ0n) is 13.7. The van der Waals surface area contributed by atoms with Crippen molar-refractivity contribution in [3.8, 4) is 11.6 Å². The van der Waals surface area contributed by atoms with E-state index < -0.39 is 0 Å². The maximum atomic E-state index is 5.58. The first-order valence-electron chi connectivity index (χ1n) is 8.05. The molecular weight excluding hydrogens is 322 g/mol. The Hall–Kier alpha value is -2.21. The number of pyridine rings is 1. The van der Waals surface area contributed by atoms with Crippen LogP contribution in [0.2, 0.25) is 0 Å². The lowest BCUT2D eigenvalue weighted by molar-refractivity contribution is 0.295. The van der Waals surface area contributed by atoms with Crippen molar-refractivity contribution in [3.63, 3.8) is 0 Å². The van der Waals surface area contributed by atoms with Crippen molar-refractivity contribution in [2.45, 2.75) is 24.4 Å². The summed E-state index contributed by atoms with van der Waals surface area (Å²) in [5.74, 6) is 2.58. The van der Waals surface area contributed by atoms with Crippen LogP contribution in [0.15, 0.2) is 47.8 Å². The second-order valence-electron chi connectivity index (χ2n) is 5.35. The molecule has 0 aliphatic carbocycles. The zero-order valence-corrected chi connectivity index (χ0v) is 14.5. The molecule has 0 bridgehead atoms. The SMILES string of the molecule is COc1ccc2nc(SCCCCCOc3ccccn3)[nH]c2c1. The lowest BCUT2D eigenvalue weighted by Crippen LogP contribution is -1.98. The molecule has 0 fully saturated rings. The fourth-order valence-electron chi connectivity index (χ4n) is 2.32. The number of thioether (sulfide) groups is 1. The number of nitrogens with zero attached hydrogens (tertiary/aromatic N) is 2. The molecule has 1 aromatic carbocycles. The molecule has 0 saturated carbocycles. The molecule has 0 spiro atoms. The predicted octanol–water partition coefficient (Wildman–Crippen LogP) is 4.31. The molecule has 0 radical (unpaired) electrons. The normalized spacial score (nSPS) is 10.9. The van der Waals surface area contributed by atoms with E-state index in [2.05, 4.69) is 15.0 Å². The topological polar surface area (TPSA) is 60.0 Å². The van der Waals surface area contributed by atoms with Gasteiger partial charge in [-0.15, -0.1) is 0 Å². The Morgan fingerprint density at radius 3 is 2.92 bits per heavy atom. The summed E-state index contributed by atoms with van der Waals surface area (Å²) >= 11 is 1.75. The summed E-state index contributed by atoms with van der Waals surface area (Å²) in [5.41, 5.74) is 1.99. The molecule has 0 atom stereocenters. The number of hydrogen-bond donors (Lipinski definition) is 1. The highest BCUT2D eigenvalue weighted by Gasteiger charge is 2.04. The van der Waals surface area contributed by atoms with Gasteiger partial charge >= 0.3 is 0 Å². The standard InChI is InChI=1S/C18H21N3O2S/c1-22-14-8-9-15-16(13-14)21-18(20-15)24-12-6-2-5-11-23-17-7-3-4-10-19-17/h3-4,7-10,13H,2,5-6,11-12H2,1H3,(H,20,21). The van der Waals surface area contributed by atoms with Crippen LogP contribution in [0.1, 0.15) is 19.3 Å². The van der Waals surface area contributed by atoms with Crippen LogP contribution >= 0.6 is 11.8 Å². The van der Waals surface area contributed by atoms with Crippen molar-refractivity contribution in [2.24, 2.45) is 0 Å². The van der Waals surface area contributed by atoms with E-state index in [0.717, 1.165) is 47.0 Å². The molecule has 2 aromatic heterocycles. The minimum Gasteiger partial charge on any atom is -0.497 e. The number of rotatable bonds is 9. The lowest BCUT2D eigenvalue weighted by atomic mass is 10.3. The van der Waals surface area contributed by atoms with Crippen molar-refractivity contribution in [1.82, 2.24) is 15.0 Å². The molecule has 3 aromatic rings.